The Labute approximate surface area is 60.1 Å². The zero-order valence-electron chi connectivity index (χ0n) is 6.11. The van der Waals surface area contributed by atoms with Crippen LogP contribution in [0.3, 0.4) is 0 Å². The van der Waals surface area contributed by atoms with E-state index in [1.165, 1.54) is 18.7 Å². The van der Waals surface area contributed by atoms with Gasteiger partial charge < -0.3 is 10.2 Å². The molecule has 0 amide bonds. The lowest BCUT2D eigenvalue weighted by Crippen LogP contribution is -2.41. The summed E-state index contributed by atoms with van der Waals surface area (Å²) in [6.07, 6.45) is -0.0498. The molecule has 2 unspecified atom stereocenters. The lowest BCUT2D eigenvalue weighted by molar-refractivity contribution is -0.0742. The zero-order chi connectivity index (χ0) is 8.15. The molecule has 4 nitrogen and oxygen atoms in total. The first kappa shape index (κ1) is 9.55. The normalized spacial score (nSPS) is 16.9. The molecule has 0 aromatic heterocycles. The van der Waals surface area contributed by atoms with Gasteiger partial charge in [-0.25, -0.2) is 4.90 Å². The summed E-state index contributed by atoms with van der Waals surface area (Å²) in [7, 11) is 0. The molecule has 4 heteroatoms. The number of carbonyl (C=O) groups excluding carboxylic acids is 1. The smallest absolute Gasteiger partial charge is 0.213 e. The van der Waals surface area contributed by atoms with E-state index in [9.17, 15) is 4.79 Å². The van der Waals surface area contributed by atoms with Crippen LogP contribution in [-0.2, 0) is 4.79 Å². The summed E-state index contributed by atoms with van der Waals surface area (Å²) < 4.78 is 0. The monoisotopic (exact) mass is 146 g/mol. The van der Waals surface area contributed by atoms with Gasteiger partial charge in [-0.05, 0) is 13.8 Å². The fourth-order valence-electron chi connectivity index (χ4n) is 0.651. The molecular formula is C6H12NO3. The first-order valence-electron chi connectivity index (χ1n) is 3.06. The van der Waals surface area contributed by atoms with Crippen LogP contribution in [0.15, 0.2) is 0 Å². The largest absolute Gasteiger partial charge is 0.379 e. The number of hydrogen-bond donors (Lipinski definition) is 2. The van der Waals surface area contributed by atoms with Crippen molar-refractivity contribution in [3.05, 3.63) is 0 Å². The second-order valence-electron chi connectivity index (χ2n) is 2.08. The predicted octanol–water partition coefficient (Wildman–Crippen LogP) is -0.925. The average Bonchev–Trinajstić information content (AvgIpc) is 1.81. The summed E-state index contributed by atoms with van der Waals surface area (Å²) in [4.78, 5) is 11.0. The van der Waals surface area contributed by atoms with Gasteiger partial charge in [0.05, 0.1) is 6.54 Å². The molecule has 0 fully saturated rings. The number of nitrogens with zero attached hydrogens (tertiary/aromatic N) is 1. The van der Waals surface area contributed by atoms with Gasteiger partial charge in [0.25, 0.3) is 0 Å². The van der Waals surface area contributed by atoms with E-state index in [1.807, 2.05) is 0 Å². The quantitative estimate of drug-likeness (QED) is 0.503. The molecule has 0 aliphatic rings. The second kappa shape index (κ2) is 4.38. The van der Waals surface area contributed by atoms with Crippen LogP contribution in [0.2, 0.25) is 0 Å². The molecule has 0 aliphatic carbocycles. The molecular weight excluding hydrogens is 134 g/mol. The summed E-state index contributed by atoms with van der Waals surface area (Å²) in [5, 5.41) is 17.8. The van der Waals surface area contributed by atoms with Gasteiger partial charge >= 0.3 is 0 Å². The predicted molar refractivity (Wildman–Crippen MR) is 35.8 cm³/mol. The molecule has 1 radical (unpaired) electrons. The van der Waals surface area contributed by atoms with Gasteiger partial charge in [0.15, 0.2) is 0 Å². The van der Waals surface area contributed by atoms with Gasteiger partial charge in [0.2, 0.25) is 6.29 Å². The van der Waals surface area contributed by atoms with Crippen LogP contribution in [0.5, 0.6) is 0 Å². The molecule has 0 aromatic carbocycles. The number of aliphatic hydroxyl groups is 2. The van der Waals surface area contributed by atoms with Gasteiger partial charge in [0, 0.05) is 0 Å². The second-order valence-corrected chi connectivity index (χ2v) is 2.08. The van der Waals surface area contributed by atoms with Gasteiger partial charge in [-0.15, -0.1) is 0 Å². The van der Waals surface area contributed by atoms with Crippen LogP contribution in [0.1, 0.15) is 13.8 Å². The molecule has 2 atom stereocenters. The molecule has 10 heavy (non-hydrogen) atoms. The first-order chi connectivity index (χ1) is 4.59. The highest BCUT2D eigenvalue weighted by Crippen LogP contribution is 1.97. The van der Waals surface area contributed by atoms with E-state index >= 15 is 0 Å². The van der Waals surface area contributed by atoms with Crippen LogP contribution >= 0.6 is 0 Å². The van der Waals surface area contributed by atoms with Gasteiger partial charge in [-0.1, -0.05) is 0 Å². The third kappa shape index (κ3) is 2.91. The van der Waals surface area contributed by atoms with Crippen molar-refractivity contribution in [2.75, 3.05) is 6.54 Å². The maximum Gasteiger partial charge on any atom is 0.213 e. The fraction of sp³-hybridized carbons (Fsp3) is 0.833. The van der Waals surface area contributed by atoms with Crippen molar-refractivity contribution < 1.29 is 15.0 Å². The molecule has 2 N–H and O–H groups in total. The number of hydrogen-bond acceptors (Lipinski definition) is 4. The van der Waals surface area contributed by atoms with E-state index in [4.69, 9.17) is 10.2 Å². The van der Waals surface area contributed by atoms with Crippen LogP contribution in [0.4, 0.5) is 0 Å². The highest BCUT2D eigenvalue weighted by atomic mass is 16.3. The van der Waals surface area contributed by atoms with E-state index in [0.29, 0.717) is 0 Å². The van der Waals surface area contributed by atoms with Crippen LogP contribution in [0, 0.1) is 0 Å². The Morgan fingerprint density at radius 2 is 1.80 bits per heavy atom. The Bertz CT molecular complexity index is 95.2. The standard InChI is InChI=1S/C6H12NO3/c1-5(9)7(3-4-8)6(2)10/h5-6,9-10H,3H2,1-2H3. The van der Waals surface area contributed by atoms with Crippen molar-refractivity contribution in [2.45, 2.75) is 26.3 Å². The Kier molecular flexibility index (Phi) is 4.18. The molecule has 0 saturated heterocycles. The Balaban J connectivity index is 3.84. The lowest BCUT2D eigenvalue weighted by atomic mass is 10.4. The first-order valence-corrected chi connectivity index (χ1v) is 3.06. The molecule has 0 aliphatic heterocycles. The Morgan fingerprint density at radius 3 is 1.90 bits per heavy atom. The zero-order valence-corrected chi connectivity index (χ0v) is 6.11. The molecule has 59 valence electrons. The van der Waals surface area contributed by atoms with Gasteiger partial charge in [-0.2, -0.15) is 0 Å². The molecule has 0 rings (SSSR count). The lowest BCUT2D eigenvalue weighted by Gasteiger charge is -2.24. The third-order valence-corrected chi connectivity index (χ3v) is 1.21. The van der Waals surface area contributed by atoms with Crippen molar-refractivity contribution >= 4 is 6.29 Å². The van der Waals surface area contributed by atoms with E-state index in [-0.39, 0.29) is 6.54 Å². The number of aliphatic hydroxyl groups excluding tert-OH is 2. The third-order valence-electron chi connectivity index (χ3n) is 1.21. The summed E-state index contributed by atoms with van der Waals surface area (Å²) in [5.74, 6) is 0. The topological polar surface area (TPSA) is 60.8 Å². The van der Waals surface area contributed by atoms with E-state index in [2.05, 4.69) is 0 Å². The number of rotatable bonds is 4. The van der Waals surface area contributed by atoms with Crippen LogP contribution in [-0.4, -0.2) is 40.4 Å². The highest BCUT2D eigenvalue weighted by Gasteiger charge is 2.14. The van der Waals surface area contributed by atoms with E-state index < -0.39 is 12.5 Å². The highest BCUT2D eigenvalue weighted by molar-refractivity contribution is 5.53. The summed E-state index contributed by atoms with van der Waals surface area (Å²) in [6.45, 7) is 2.88. The fourth-order valence-corrected chi connectivity index (χ4v) is 0.651. The SMILES string of the molecule is CC(O)N(C[C]=O)C(C)O. The summed E-state index contributed by atoms with van der Waals surface area (Å²) in [6, 6.07) is 0. The Morgan fingerprint density at radius 1 is 1.40 bits per heavy atom. The van der Waals surface area contributed by atoms with Crippen molar-refractivity contribution in [2.24, 2.45) is 0 Å². The minimum atomic E-state index is -0.818. The van der Waals surface area contributed by atoms with Crippen molar-refractivity contribution in [3.8, 4) is 0 Å². The van der Waals surface area contributed by atoms with Crippen LogP contribution in [0.25, 0.3) is 0 Å². The maximum atomic E-state index is 9.84. The maximum absolute atomic E-state index is 9.84. The average molecular weight is 146 g/mol. The van der Waals surface area contributed by atoms with E-state index in [1.54, 1.807) is 6.29 Å². The summed E-state index contributed by atoms with van der Waals surface area (Å²) in [5.41, 5.74) is 0. The van der Waals surface area contributed by atoms with Gasteiger partial charge in [-0.3, -0.25) is 4.79 Å². The minimum Gasteiger partial charge on any atom is -0.379 e. The molecule has 0 bridgehead atoms. The van der Waals surface area contributed by atoms with Crippen LogP contribution < -0.4 is 0 Å². The molecule has 0 aromatic rings. The molecule has 0 saturated carbocycles. The summed E-state index contributed by atoms with van der Waals surface area (Å²) >= 11 is 0. The van der Waals surface area contributed by atoms with E-state index in [0.717, 1.165) is 0 Å². The van der Waals surface area contributed by atoms with Crippen molar-refractivity contribution in [1.82, 2.24) is 4.90 Å². The molecule has 0 heterocycles. The Hall–Kier alpha value is -0.450. The van der Waals surface area contributed by atoms with Gasteiger partial charge in [0.1, 0.15) is 12.5 Å². The van der Waals surface area contributed by atoms with Crippen molar-refractivity contribution in [1.29, 1.82) is 0 Å². The minimum absolute atomic E-state index is 0.0741. The van der Waals surface area contributed by atoms with Crippen molar-refractivity contribution in [3.63, 3.8) is 0 Å². The molecule has 0 spiro atoms.